The molecule has 2 aromatic carbocycles. The van der Waals surface area contributed by atoms with Crippen molar-refractivity contribution in [1.82, 2.24) is 9.38 Å². The molecule has 0 aliphatic rings. The number of aromatic hydroxyl groups is 2. The van der Waals surface area contributed by atoms with Gasteiger partial charge in [-0.25, -0.2) is 9.98 Å². The first-order valence-electron chi connectivity index (χ1n) is 9.13. The van der Waals surface area contributed by atoms with Gasteiger partial charge < -0.3 is 14.9 Å². The normalized spacial score (nSPS) is 11.4. The van der Waals surface area contributed by atoms with Crippen LogP contribution in [-0.4, -0.2) is 32.4 Å². The van der Waals surface area contributed by atoms with E-state index >= 15 is 0 Å². The Kier molecular flexibility index (Phi) is 5.78. The summed E-state index contributed by atoms with van der Waals surface area (Å²) in [6.07, 6.45) is 3.47. The molecule has 0 bridgehead atoms. The summed E-state index contributed by atoms with van der Waals surface area (Å²) >= 11 is 6.77. The summed E-state index contributed by atoms with van der Waals surface area (Å²) in [6, 6.07) is 14.3. The largest absolute Gasteiger partial charge is 0.506 e. The third kappa shape index (κ3) is 3.93. The van der Waals surface area contributed by atoms with E-state index < -0.39 is 0 Å². The van der Waals surface area contributed by atoms with Gasteiger partial charge in [-0.15, -0.1) is 0 Å². The molecular formula is C22H17Br2N3O3. The number of rotatable bonds is 5. The zero-order valence-corrected chi connectivity index (χ0v) is 19.1. The maximum absolute atomic E-state index is 10.4. The van der Waals surface area contributed by atoms with Gasteiger partial charge in [0.2, 0.25) is 0 Å². The van der Waals surface area contributed by atoms with Crippen LogP contribution in [0.15, 0.2) is 68.7 Å². The Morgan fingerprint density at radius 3 is 2.77 bits per heavy atom. The quantitative estimate of drug-likeness (QED) is 0.306. The van der Waals surface area contributed by atoms with Crippen LogP contribution < -0.4 is 4.74 Å². The lowest BCUT2D eigenvalue weighted by molar-refractivity contribution is 0.318. The van der Waals surface area contributed by atoms with Crippen LogP contribution in [0.5, 0.6) is 17.2 Å². The maximum atomic E-state index is 10.4. The zero-order valence-electron chi connectivity index (χ0n) is 15.9. The van der Waals surface area contributed by atoms with Crippen LogP contribution in [0.25, 0.3) is 16.9 Å². The van der Waals surface area contributed by atoms with Crippen molar-refractivity contribution < 1.29 is 14.9 Å². The molecule has 4 rings (SSSR count). The van der Waals surface area contributed by atoms with E-state index in [1.807, 2.05) is 35.7 Å². The molecule has 8 heteroatoms. The van der Waals surface area contributed by atoms with Crippen molar-refractivity contribution >= 4 is 49.5 Å². The minimum absolute atomic E-state index is 0.0679. The van der Waals surface area contributed by atoms with Crippen molar-refractivity contribution in [2.75, 3.05) is 6.61 Å². The van der Waals surface area contributed by atoms with Crippen LogP contribution in [0, 0.1) is 0 Å². The molecule has 0 radical (unpaired) electrons. The van der Waals surface area contributed by atoms with Crippen molar-refractivity contribution in [2.24, 2.45) is 4.99 Å². The van der Waals surface area contributed by atoms with Gasteiger partial charge in [-0.3, -0.25) is 4.40 Å². The second-order valence-electron chi connectivity index (χ2n) is 6.41. The number of halogens is 2. The first kappa shape index (κ1) is 20.4. The summed E-state index contributed by atoms with van der Waals surface area (Å²) in [4.78, 5) is 9.37. The molecule has 0 spiro atoms. The molecule has 0 saturated carbocycles. The lowest BCUT2D eigenvalue weighted by atomic mass is 10.1. The summed E-state index contributed by atoms with van der Waals surface area (Å²) in [6.45, 7) is 2.29. The molecule has 2 N–H and O–H groups in total. The van der Waals surface area contributed by atoms with E-state index in [0.717, 1.165) is 15.7 Å². The number of aromatic nitrogens is 2. The Labute approximate surface area is 189 Å². The molecule has 2 heterocycles. The number of hydrogen-bond acceptors (Lipinski definition) is 5. The number of fused-ring (bicyclic) bond motifs is 1. The van der Waals surface area contributed by atoms with Crippen LogP contribution in [0.3, 0.4) is 0 Å². The summed E-state index contributed by atoms with van der Waals surface area (Å²) in [5, 5.41) is 20.4. The van der Waals surface area contributed by atoms with Crippen LogP contribution in [0.4, 0.5) is 5.82 Å². The molecule has 6 nitrogen and oxygen atoms in total. The van der Waals surface area contributed by atoms with Gasteiger partial charge in [0.1, 0.15) is 17.1 Å². The number of hydrogen-bond donors (Lipinski definition) is 2. The molecule has 0 amide bonds. The van der Waals surface area contributed by atoms with E-state index in [9.17, 15) is 10.2 Å². The first-order valence-corrected chi connectivity index (χ1v) is 10.7. The minimum atomic E-state index is 0.0679. The van der Waals surface area contributed by atoms with Gasteiger partial charge in [-0.05, 0) is 65.3 Å². The van der Waals surface area contributed by atoms with E-state index in [2.05, 4.69) is 36.9 Å². The van der Waals surface area contributed by atoms with Crippen molar-refractivity contribution in [2.45, 2.75) is 6.92 Å². The Bertz CT molecular complexity index is 1270. The Morgan fingerprint density at radius 2 is 1.97 bits per heavy atom. The highest BCUT2D eigenvalue weighted by atomic mass is 79.9. The Hall–Kier alpha value is -2.84. The number of imidazole rings is 1. The van der Waals surface area contributed by atoms with Crippen LogP contribution in [0.2, 0.25) is 0 Å². The van der Waals surface area contributed by atoms with Gasteiger partial charge in [-0.2, -0.15) is 0 Å². The summed E-state index contributed by atoms with van der Waals surface area (Å²) in [5.41, 5.74) is 2.66. The molecule has 0 aliphatic heterocycles. The number of phenolic OH excluding ortho intramolecular Hbond substituents is 2. The molecule has 0 saturated heterocycles. The number of benzene rings is 2. The molecule has 2 aromatic heterocycles. The van der Waals surface area contributed by atoms with E-state index in [1.165, 1.54) is 0 Å². The molecule has 4 aromatic rings. The lowest BCUT2D eigenvalue weighted by Crippen LogP contribution is -1.92. The first-order chi connectivity index (χ1) is 14.5. The van der Waals surface area contributed by atoms with Gasteiger partial charge in [-0.1, -0.05) is 22.0 Å². The predicted octanol–water partition coefficient (Wildman–Crippen LogP) is 6.09. The van der Waals surface area contributed by atoms with E-state index in [-0.39, 0.29) is 11.5 Å². The fourth-order valence-electron chi connectivity index (χ4n) is 3.05. The van der Waals surface area contributed by atoms with Crippen LogP contribution in [0.1, 0.15) is 12.5 Å². The number of ether oxygens (including phenoxy) is 1. The van der Waals surface area contributed by atoms with E-state index in [4.69, 9.17) is 9.72 Å². The molecular weight excluding hydrogens is 514 g/mol. The van der Waals surface area contributed by atoms with Crippen LogP contribution >= 0.6 is 31.9 Å². The number of phenols is 2. The van der Waals surface area contributed by atoms with Crippen molar-refractivity contribution in [3.63, 3.8) is 0 Å². The Morgan fingerprint density at radius 1 is 1.13 bits per heavy atom. The minimum Gasteiger partial charge on any atom is -0.506 e. The maximum Gasteiger partial charge on any atom is 0.165 e. The molecule has 152 valence electrons. The van der Waals surface area contributed by atoms with Crippen molar-refractivity contribution in [3.05, 3.63) is 69.2 Å². The molecule has 0 atom stereocenters. The average Bonchev–Trinajstić information content (AvgIpc) is 3.10. The highest BCUT2D eigenvalue weighted by Gasteiger charge is 2.16. The van der Waals surface area contributed by atoms with Crippen molar-refractivity contribution in [1.29, 1.82) is 0 Å². The predicted molar refractivity (Wildman–Crippen MR) is 124 cm³/mol. The van der Waals surface area contributed by atoms with E-state index in [0.29, 0.717) is 33.9 Å². The summed E-state index contributed by atoms with van der Waals surface area (Å²) in [7, 11) is 0. The number of aliphatic imine (C=N–C) groups is 1. The van der Waals surface area contributed by atoms with Gasteiger partial charge in [0.25, 0.3) is 0 Å². The van der Waals surface area contributed by atoms with Gasteiger partial charge in [0, 0.05) is 28.0 Å². The summed E-state index contributed by atoms with van der Waals surface area (Å²) < 4.78 is 8.76. The third-order valence-electron chi connectivity index (χ3n) is 4.42. The summed E-state index contributed by atoms with van der Waals surface area (Å²) in [5.74, 6) is 1.14. The third-order valence-corrected chi connectivity index (χ3v) is 5.48. The lowest BCUT2D eigenvalue weighted by Gasteiger charge is -2.08. The van der Waals surface area contributed by atoms with E-state index in [1.54, 1.807) is 36.5 Å². The second kappa shape index (κ2) is 8.49. The average molecular weight is 531 g/mol. The van der Waals surface area contributed by atoms with Gasteiger partial charge in [0.05, 0.1) is 11.1 Å². The van der Waals surface area contributed by atoms with Gasteiger partial charge >= 0.3 is 0 Å². The van der Waals surface area contributed by atoms with Crippen molar-refractivity contribution in [3.8, 4) is 28.5 Å². The number of pyridine rings is 1. The monoisotopic (exact) mass is 529 g/mol. The second-order valence-corrected chi connectivity index (χ2v) is 8.18. The smallest absolute Gasteiger partial charge is 0.165 e. The van der Waals surface area contributed by atoms with Crippen LogP contribution in [-0.2, 0) is 0 Å². The standard InChI is InChI=1S/C22H17Br2N3O3/c1-2-30-18-10-13(6-7-17(18)28)20-22(27-8-4-3-5-19(27)26-20)25-12-14-9-15(23)11-16(24)21(14)29/h3-12,28-29H,2H2,1H3/b25-12+. The topological polar surface area (TPSA) is 79.4 Å². The highest BCUT2D eigenvalue weighted by molar-refractivity contribution is 9.11. The molecule has 0 unspecified atom stereocenters. The molecule has 30 heavy (non-hydrogen) atoms. The Balaban J connectivity index is 1.87. The SMILES string of the molecule is CCOc1cc(-c2nc3ccccn3c2/N=C/c2cc(Br)cc(Br)c2O)ccc1O. The number of nitrogens with zero attached hydrogens (tertiary/aromatic N) is 3. The zero-order chi connectivity index (χ0) is 21.3. The van der Waals surface area contributed by atoms with Gasteiger partial charge in [0.15, 0.2) is 17.3 Å². The fraction of sp³-hybridized carbons (Fsp3) is 0.0909. The molecule has 0 fully saturated rings. The highest BCUT2D eigenvalue weighted by Crippen LogP contribution is 2.37. The molecule has 0 aliphatic carbocycles. The fourth-order valence-corrected chi connectivity index (χ4v) is 4.31.